The predicted octanol–water partition coefficient (Wildman–Crippen LogP) is 7.07. The Morgan fingerprint density at radius 1 is 0.829 bits per heavy atom. The zero-order valence-corrected chi connectivity index (χ0v) is 20.5. The smallest absolute Gasteiger partial charge is 0.255 e. The lowest BCUT2D eigenvalue weighted by Gasteiger charge is -2.18. The largest absolute Gasteiger partial charge is 0.495 e. The summed E-state index contributed by atoms with van der Waals surface area (Å²) in [5.74, 6) is 0.144. The molecule has 0 saturated carbocycles. The number of carbonyl (C=O) groups excluding carboxylic acids is 2. The maximum absolute atomic E-state index is 13.4. The van der Waals surface area contributed by atoms with Crippen LogP contribution in [0.1, 0.15) is 21.2 Å². The molecule has 35 heavy (non-hydrogen) atoms. The maximum atomic E-state index is 13.4. The second-order valence-electron chi connectivity index (χ2n) is 7.59. The molecule has 176 valence electrons. The Bertz CT molecular complexity index is 1330. The average molecular weight is 503 g/mol. The molecule has 4 aromatic carbocycles. The van der Waals surface area contributed by atoms with Crippen LogP contribution in [0.3, 0.4) is 0 Å². The van der Waals surface area contributed by atoms with Gasteiger partial charge in [-0.3, -0.25) is 9.59 Å². The number of amides is 2. The molecule has 1 unspecified atom stereocenters. The van der Waals surface area contributed by atoms with E-state index in [0.29, 0.717) is 27.7 Å². The summed E-state index contributed by atoms with van der Waals surface area (Å²) in [6.45, 7) is 0. The minimum absolute atomic E-state index is 0.181. The Morgan fingerprint density at radius 3 is 2.34 bits per heavy atom. The van der Waals surface area contributed by atoms with E-state index < -0.39 is 5.25 Å². The number of hydrogen-bond donors (Lipinski definition) is 2. The summed E-state index contributed by atoms with van der Waals surface area (Å²) in [7, 11) is 1.57. The van der Waals surface area contributed by atoms with Crippen LogP contribution in [0.4, 0.5) is 11.4 Å². The van der Waals surface area contributed by atoms with E-state index in [4.69, 9.17) is 16.3 Å². The van der Waals surface area contributed by atoms with E-state index in [1.807, 2.05) is 60.7 Å². The number of anilines is 2. The van der Waals surface area contributed by atoms with Crippen molar-refractivity contribution in [2.75, 3.05) is 17.7 Å². The molecular formula is C28H23ClN2O3S. The lowest BCUT2D eigenvalue weighted by atomic mass is 10.1. The van der Waals surface area contributed by atoms with Crippen molar-refractivity contribution in [2.45, 2.75) is 10.1 Å². The van der Waals surface area contributed by atoms with E-state index >= 15 is 0 Å². The van der Waals surface area contributed by atoms with Gasteiger partial charge in [0, 0.05) is 21.2 Å². The van der Waals surface area contributed by atoms with E-state index in [9.17, 15) is 9.59 Å². The monoisotopic (exact) mass is 502 g/mol. The fourth-order valence-electron chi connectivity index (χ4n) is 3.46. The van der Waals surface area contributed by atoms with Gasteiger partial charge in [0.25, 0.3) is 5.91 Å². The van der Waals surface area contributed by atoms with E-state index in [-0.39, 0.29) is 11.8 Å². The summed E-state index contributed by atoms with van der Waals surface area (Å²) in [4.78, 5) is 26.9. The van der Waals surface area contributed by atoms with Gasteiger partial charge in [-0.1, -0.05) is 66.2 Å². The lowest BCUT2D eigenvalue weighted by molar-refractivity contribution is -0.115. The van der Waals surface area contributed by atoms with Crippen LogP contribution in [-0.4, -0.2) is 18.9 Å². The van der Waals surface area contributed by atoms with Crippen LogP contribution in [0.15, 0.2) is 108 Å². The lowest BCUT2D eigenvalue weighted by Crippen LogP contribution is -2.19. The molecule has 0 bridgehead atoms. The minimum atomic E-state index is -0.528. The molecule has 0 aliphatic carbocycles. The summed E-state index contributed by atoms with van der Waals surface area (Å²) in [5.41, 5.74) is 2.55. The number of halogens is 1. The topological polar surface area (TPSA) is 67.4 Å². The second kappa shape index (κ2) is 11.6. The second-order valence-corrected chi connectivity index (χ2v) is 9.21. The highest BCUT2D eigenvalue weighted by atomic mass is 35.5. The van der Waals surface area contributed by atoms with E-state index in [1.54, 1.807) is 49.6 Å². The van der Waals surface area contributed by atoms with Crippen molar-refractivity contribution < 1.29 is 14.3 Å². The number of thioether (sulfide) groups is 1. The van der Waals surface area contributed by atoms with Crippen molar-refractivity contribution in [3.63, 3.8) is 0 Å². The molecule has 0 aliphatic heterocycles. The Hall–Kier alpha value is -3.74. The molecule has 0 spiro atoms. The Morgan fingerprint density at radius 2 is 1.57 bits per heavy atom. The third kappa shape index (κ3) is 6.44. The van der Waals surface area contributed by atoms with Crippen LogP contribution in [0.5, 0.6) is 5.75 Å². The van der Waals surface area contributed by atoms with Crippen molar-refractivity contribution in [3.05, 3.63) is 119 Å². The normalized spacial score (nSPS) is 11.4. The Kier molecular flexibility index (Phi) is 8.08. The van der Waals surface area contributed by atoms with Gasteiger partial charge < -0.3 is 15.4 Å². The van der Waals surface area contributed by atoms with E-state index in [2.05, 4.69) is 10.6 Å². The van der Waals surface area contributed by atoms with Crippen molar-refractivity contribution in [1.29, 1.82) is 0 Å². The number of rotatable bonds is 8. The van der Waals surface area contributed by atoms with Crippen LogP contribution < -0.4 is 15.4 Å². The van der Waals surface area contributed by atoms with Gasteiger partial charge in [-0.2, -0.15) is 0 Å². The molecular weight excluding hydrogens is 480 g/mol. The third-order valence-electron chi connectivity index (χ3n) is 5.14. The predicted molar refractivity (Wildman–Crippen MR) is 143 cm³/mol. The molecule has 7 heteroatoms. The molecule has 0 radical (unpaired) electrons. The molecule has 0 saturated heterocycles. The van der Waals surface area contributed by atoms with Gasteiger partial charge >= 0.3 is 0 Å². The number of methoxy groups -OCH3 is 1. The summed E-state index contributed by atoms with van der Waals surface area (Å²) in [6, 6.07) is 31.0. The minimum Gasteiger partial charge on any atom is -0.495 e. The summed E-state index contributed by atoms with van der Waals surface area (Å²) >= 11 is 7.41. The number of hydrogen-bond acceptors (Lipinski definition) is 4. The van der Waals surface area contributed by atoms with Gasteiger partial charge in [-0.05, 0) is 54.1 Å². The van der Waals surface area contributed by atoms with Crippen LogP contribution in [0.2, 0.25) is 5.02 Å². The third-order valence-corrected chi connectivity index (χ3v) is 6.62. The first kappa shape index (κ1) is 24.4. The van der Waals surface area contributed by atoms with Crippen molar-refractivity contribution in [2.24, 2.45) is 0 Å². The van der Waals surface area contributed by atoms with Crippen molar-refractivity contribution in [1.82, 2.24) is 0 Å². The first-order valence-electron chi connectivity index (χ1n) is 10.9. The molecule has 1 atom stereocenters. The van der Waals surface area contributed by atoms with E-state index in [1.165, 1.54) is 11.8 Å². The molecule has 2 N–H and O–H groups in total. The molecule has 0 aliphatic rings. The molecule has 2 amide bonds. The summed E-state index contributed by atoms with van der Waals surface area (Å²) in [6.07, 6.45) is 0. The fraction of sp³-hybridized carbons (Fsp3) is 0.0714. The zero-order chi connectivity index (χ0) is 24.6. The van der Waals surface area contributed by atoms with Gasteiger partial charge in [0.2, 0.25) is 5.91 Å². The van der Waals surface area contributed by atoms with Crippen molar-refractivity contribution >= 4 is 46.6 Å². The summed E-state index contributed by atoms with van der Waals surface area (Å²) < 4.78 is 5.38. The number of ether oxygens (including phenoxy) is 1. The molecule has 0 aromatic heterocycles. The maximum Gasteiger partial charge on any atom is 0.255 e. The highest BCUT2D eigenvalue weighted by molar-refractivity contribution is 8.00. The van der Waals surface area contributed by atoms with Crippen LogP contribution in [0.25, 0.3) is 0 Å². The Balaban J connectivity index is 1.55. The number of para-hydroxylation sites is 2. The molecule has 0 fully saturated rings. The summed E-state index contributed by atoms with van der Waals surface area (Å²) in [5, 5.41) is 5.85. The highest BCUT2D eigenvalue weighted by Crippen LogP contribution is 2.38. The highest BCUT2D eigenvalue weighted by Gasteiger charge is 2.23. The van der Waals surface area contributed by atoms with Gasteiger partial charge in [-0.15, -0.1) is 11.8 Å². The van der Waals surface area contributed by atoms with Gasteiger partial charge in [0.05, 0.1) is 12.8 Å². The first-order chi connectivity index (χ1) is 17.0. The SMILES string of the molecule is COc1ccccc1NC(=O)C(Sc1cccc(NC(=O)c2cccc(Cl)c2)c1)c1ccccc1. The molecule has 4 aromatic rings. The zero-order valence-electron chi connectivity index (χ0n) is 18.9. The van der Waals surface area contributed by atoms with Crippen LogP contribution in [0, 0.1) is 0 Å². The Labute approximate surface area is 213 Å². The average Bonchev–Trinajstić information content (AvgIpc) is 2.88. The van der Waals surface area contributed by atoms with Crippen LogP contribution >= 0.6 is 23.4 Å². The molecule has 4 rings (SSSR count). The number of nitrogens with one attached hydrogen (secondary N) is 2. The molecule has 5 nitrogen and oxygen atoms in total. The quantitative estimate of drug-likeness (QED) is 0.253. The van der Waals surface area contributed by atoms with Crippen LogP contribution in [-0.2, 0) is 4.79 Å². The molecule has 0 heterocycles. The fourth-order valence-corrected chi connectivity index (χ4v) is 4.74. The standard InChI is InChI=1S/C28H23ClN2O3S/c1-34-25-16-6-5-15-24(25)31-28(33)26(19-9-3-2-4-10-19)35-23-14-8-13-22(18-23)30-27(32)20-11-7-12-21(29)17-20/h2-18,26H,1H3,(H,30,32)(H,31,33). The number of carbonyl (C=O) groups is 2. The van der Waals surface area contributed by atoms with Gasteiger partial charge in [-0.25, -0.2) is 0 Å². The first-order valence-corrected chi connectivity index (χ1v) is 12.1. The number of benzene rings is 4. The van der Waals surface area contributed by atoms with Gasteiger partial charge in [0.15, 0.2) is 0 Å². The van der Waals surface area contributed by atoms with E-state index in [0.717, 1.165) is 10.5 Å². The van der Waals surface area contributed by atoms with Gasteiger partial charge in [0.1, 0.15) is 11.0 Å². The van der Waals surface area contributed by atoms with Crippen molar-refractivity contribution in [3.8, 4) is 5.75 Å².